The number of hydrogen-bond acceptors (Lipinski definition) is 2. The maximum Gasteiger partial charge on any atom is 0.220 e. The molecule has 2 rings (SSSR count). The summed E-state index contributed by atoms with van der Waals surface area (Å²) < 4.78 is 0. The molecule has 0 heterocycles. The van der Waals surface area contributed by atoms with Gasteiger partial charge in [0.15, 0.2) is 0 Å². The molecule has 2 nitrogen and oxygen atoms in total. The number of nitrogens with one attached hydrogen (secondary N) is 1. The Balaban J connectivity index is 1.58. The lowest BCUT2D eigenvalue weighted by molar-refractivity contribution is -0.120. The fourth-order valence-electron chi connectivity index (χ4n) is 2.09. The van der Waals surface area contributed by atoms with Crippen molar-refractivity contribution in [1.82, 2.24) is 5.32 Å². The van der Waals surface area contributed by atoms with Gasteiger partial charge in [-0.15, -0.1) is 11.8 Å². The van der Waals surface area contributed by atoms with Crippen molar-refractivity contribution in [3.63, 3.8) is 0 Å². The van der Waals surface area contributed by atoms with Crippen molar-refractivity contribution < 1.29 is 4.79 Å². The molecule has 0 aliphatic heterocycles. The van der Waals surface area contributed by atoms with Crippen LogP contribution in [0.3, 0.4) is 0 Å². The number of halogens is 2. The minimum atomic E-state index is 0.0885. The summed E-state index contributed by atoms with van der Waals surface area (Å²) in [4.78, 5) is 12.9. The third-order valence-corrected chi connectivity index (χ3v) is 4.95. The molecule has 0 aliphatic carbocycles. The summed E-state index contributed by atoms with van der Waals surface area (Å²) in [6, 6.07) is 15.5. The molecule has 0 aromatic heterocycles. The van der Waals surface area contributed by atoms with E-state index in [9.17, 15) is 4.79 Å². The fourth-order valence-corrected chi connectivity index (χ4v) is 3.30. The first kappa shape index (κ1) is 18.2. The van der Waals surface area contributed by atoms with Crippen molar-refractivity contribution in [1.29, 1.82) is 0 Å². The van der Waals surface area contributed by atoms with E-state index in [1.807, 2.05) is 48.5 Å². The largest absolute Gasteiger partial charge is 0.356 e. The van der Waals surface area contributed by atoms with Gasteiger partial charge in [0.05, 0.1) is 0 Å². The number of benzene rings is 2. The van der Waals surface area contributed by atoms with E-state index in [1.54, 1.807) is 11.8 Å². The Morgan fingerprint density at radius 2 is 1.78 bits per heavy atom. The molecule has 0 saturated carbocycles. The van der Waals surface area contributed by atoms with Gasteiger partial charge in [-0.05, 0) is 48.7 Å². The van der Waals surface area contributed by atoms with Crippen LogP contribution in [0.25, 0.3) is 0 Å². The molecule has 1 amide bonds. The van der Waals surface area contributed by atoms with Crippen LogP contribution in [-0.4, -0.2) is 18.2 Å². The number of thioether (sulfide) groups is 1. The second-order valence-corrected chi connectivity index (χ2v) is 7.11. The van der Waals surface area contributed by atoms with E-state index in [-0.39, 0.29) is 5.91 Å². The van der Waals surface area contributed by atoms with E-state index in [4.69, 9.17) is 23.2 Å². The first-order chi connectivity index (χ1) is 11.1. The Morgan fingerprint density at radius 1 is 1.04 bits per heavy atom. The van der Waals surface area contributed by atoms with Crippen LogP contribution in [0.2, 0.25) is 10.0 Å². The standard InChI is InChI=1S/C18H19Cl2NOS/c19-15-7-9-16(10-8-15)23-13-11-18(22)21-12-3-5-14-4-1-2-6-17(14)20/h1-2,4,6-10H,3,5,11-13H2,(H,21,22). The molecule has 0 saturated heterocycles. The average molecular weight is 368 g/mol. The summed E-state index contributed by atoms with van der Waals surface area (Å²) >= 11 is 13.6. The molecule has 2 aromatic carbocycles. The summed E-state index contributed by atoms with van der Waals surface area (Å²) in [5.74, 6) is 0.850. The molecule has 2 aromatic rings. The molecular weight excluding hydrogens is 349 g/mol. The lowest BCUT2D eigenvalue weighted by Crippen LogP contribution is -2.25. The topological polar surface area (TPSA) is 29.1 Å². The molecule has 23 heavy (non-hydrogen) atoms. The number of amides is 1. The van der Waals surface area contributed by atoms with Crippen LogP contribution in [-0.2, 0) is 11.2 Å². The minimum Gasteiger partial charge on any atom is -0.356 e. The molecule has 0 spiro atoms. The highest BCUT2D eigenvalue weighted by atomic mass is 35.5. The van der Waals surface area contributed by atoms with Gasteiger partial charge in [-0.2, -0.15) is 0 Å². The van der Waals surface area contributed by atoms with E-state index in [0.29, 0.717) is 13.0 Å². The Hall–Kier alpha value is -1.16. The first-order valence-electron chi connectivity index (χ1n) is 7.53. The van der Waals surface area contributed by atoms with Gasteiger partial charge >= 0.3 is 0 Å². The van der Waals surface area contributed by atoms with Crippen molar-refractivity contribution >= 4 is 40.9 Å². The van der Waals surface area contributed by atoms with Crippen LogP contribution >= 0.6 is 35.0 Å². The third kappa shape index (κ3) is 6.86. The van der Waals surface area contributed by atoms with Gasteiger partial charge in [-0.1, -0.05) is 41.4 Å². The van der Waals surface area contributed by atoms with Gasteiger partial charge < -0.3 is 5.32 Å². The Morgan fingerprint density at radius 3 is 2.52 bits per heavy atom. The van der Waals surface area contributed by atoms with Crippen molar-refractivity contribution in [3.05, 3.63) is 64.1 Å². The zero-order valence-corrected chi connectivity index (χ0v) is 15.1. The highest BCUT2D eigenvalue weighted by Crippen LogP contribution is 2.20. The predicted octanol–water partition coefficient (Wildman–Crippen LogP) is 5.22. The lowest BCUT2D eigenvalue weighted by atomic mass is 10.1. The monoisotopic (exact) mass is 367 g/mol. The van der Waals surface area contributed by atoms with Crippen molar-refractivity contribution in [3.8, 4) is 0 Å². The summed E-state index contributed by atoms with van der Waals surface area (Å²) in [6.45, 7) is 0.676. The summed E-state index contributed by atoms with van der Waals surface area (Å²) in [5, 5.41) is 4.47. The van der Waals surface area contributed by atoms with E-state index >= 15 is 0 Å². The zero-order chi connectivity index (χ0) is 16.5. The van der Waals surface area contributed by atoms with E-state index in [0.717, 1.165) is 39.1 Å². The van der Waals surface area contributed by atoms with Crippen molar-refractivity contribution in [2.45, 2.75) is 24.2 Å². The molecule has 0 radical (unpaired) electrons. The van der Waals surface area contributed by atoms with Gasteiger partial charge in [0.2, 0.25) is 5.91 Å². The predicted molar refractivity (Wildman–Crippen MR) is 99.6 cm³/mol. The van der Waals surface area contributed by atoms with Gasteiger partial charge in [-0.25, -0.2) is 0 Å². The van der Waals surface area contributed by atoms with Crippen molar-refractivity contribution in [2.75, 3.05) is 12.3 Å². The summed E-state index contributed by atoms with van der Waals surface area (Å²) in [5.41, 5.74) is 1.13. The second-order valence-electron chi connectivity index (χ2n) is 5.10. The SMILES string of the molecule is O=C(CCSc1ccc(Cl)cc1)NCCCc1ccccc1Cl. The average Bonchev–Trinajstić information content (AvgIpc) is 2.55. The smallest absolute Gasteiger partial charge is 0.220 e. The number of carbonyl (C=O) groups excluding carboxylic acids is 1. The maximum absolute atomic E-state index is 11.8. The van der Waals surface area contributed by atoms with Gasteiger partial charge in [0.1, 0.15) is 0 Å². The highest BCUT2D eigenvalue weighted by molar-refractivity contribution is 7.99. The molecule has 0 fully saturated rings. The minimum absolute atomic E-state index is 0.0885. The van der Waals surface area contributed by atoms with Crippen LogP contribution in [0.15, 0.2) is 53.4 Å². The van der Waals surface area contributed by atoms with E-state index in [1.165, 1.54) is 0 Å². The number of rotatable bonds is 8. The summed E-state index contributed by atoms with van der Waals surface area (Å²) in [6.07, 6.45) is 2.28. The van der Waals surface area contributed by atoms with Crippen molar-refractivity contribution in [2.24, 2.45) is 0 Å². The summed E-state index contributed by atoms with van der Waals surface area (Å²) in [7, 11) is 0. The highest BCUT2D eigenvalue weighted by Gasteiger charge is 2.03. The fraction of sp³-hybridized carbons (Fsp3) is 0.278. The lowest BCUT2D eigenvalue weighted by Gasteiger charge is -2.06. The molecule has 0 unspecified atom stereocenters. The maximum atomic E-state index is 11.8. The third-order valence-electron chi connectivity index (χ3n) is 3.31. The molecule has 0 aliphatic rings. The first-order valence-corrected chi connectivity index (χ1v) is 9.28. The second kappa shape index (κ2) is 9.86. The normalized spacial score (nSPS) is 10.5. The molecule has 5 heteroatoms. The number of carbonyl (C=O) groups is 1. The van der Waals surface area contributed by atoms with Crippen LogP contribution in [0, 0.1) is 0 Å². The quantitative estimate of drug-likeness (QED) is 0.511. The van der Waals surface area contributed by atoms with E-state index < -0.39 is 0 Å². The molecule has 0 atom stereocenters. The number of hydrogen-bond donors (Lipinski definition) is 1. The Kier molecular flexibility index (Phi) is 7.80. The number of aryl methyl sites for hydroxylation is 1. The molecular formula is C18H19Cl2NOS. The Labute approximate surface area is 151 Å². The molecule has 1 N–H and O–H groups in total. The molecule has 122 valence electrons. The van der Waals surface area contributed by atoms with Gasteiger partial charge in [0, 0.05) is 33.7 Å². The van der Waals surface area contributed by atoms with Crippen LogP contribution in [0.1, 0.15) is 18.4 Å². The van der Waals surface area contributed by atoms with E-state index in [2.05, 4.69) is 5.32 Å². The van der Waals surface area contributed by atoms with Crippen LogP contribution in [0.4, 0.5) is 0 Å². The van der Waals surface area contributed by atoms with Crippen LogP contribution in [0.5, 0.6) is 0 Å². The zero-order valence-electron chi connectivity index (χ0n) is 12.7. The van der Waals surface area contributed by atoms with Crippen LogP contribution < -0.4 is 5.32 Å². The van der Waals surface area contributed by atoms with Gasteiger partial charge in [-0.3, -0.25) is 4.79 Å². The molecule has 0 bridgehead atoms. The van der Waals surface area contributed by atoms with Gasteiger partial charge in [0.25, 0.3) is 0 Å². The Bertz CT molecular complexity index is 631.